The van der Waals surface area contributed by atoms with Crippen LogP contribution in [0, 0.1) is 0 Å². The summed E-state index contributed by atoms with van der Waals surface area (Å²) in [5, 5.41) is 0. The summed E-state index contributed by atoms with van der Waals surface area (Å²) < 4.78 is 126. The van der Waals surface area contributed by atoms with Gasteiger partial charge in [-0.05, 0) is 0 Å². The van der Waals surface area contributed by atoms with Gasteiger partial charge in [0.2, 0.25) is 0 Å². The van der Waals surface area contributed by atoms with Crippen LogP contribution < -0.4 is 0 Å². The molecule has 37 heavy (non-hydrogen) atoms. The van der Waals surface area contributed by atoms with Crippen LogP contribution in [0.25, 0.3) is 0 Å². The van der Waals surface area contributed by atoms with Crippen LogP contribution in [-0.4, -0.2) is 62.1 Å². The molecule has 0 fully saturated rings. The Morgan fingerprint density at radius 3 is 1.14 bits per heavy atom. The van der Waals surface area contributed by atoms with E-state index in [0.29, 0.717) is 37.7 Å². The maximum atomic E-state index is 13.3. The van der Waals surface area contributed by atoms with Crippen molar-refractivity contribution in [2.24, 2.45) is 0 Å². The fraction of sp³-hybridized carbons (Fsp3) is 0.955. The van der Waals surface area contributed by atoms with E-state index in [-0.39, 0.29) is 0 Å². The van der Waals surface area contributed by atoms with Gasteiger partial charge in [-0.3, -0.25) is 0 Å². The van der Waals surface area contributed by atoms with E-state index in [2.05, 4.69) is 0 Å². The second-order valence-corrected chi connectivity index (χ2v) is 18.2. The van der Waals surface area contributed by atoms with Crippen molar-refractivity contribution < 1.29 is 48.0 Å². The van der Waals surface area contributed by atoms with Gasteiger partial charge in [-0.25, -0.2) is 0 Å². The Hall–Kier alpha value is -0.620. The van der Waals surface area contributed by atoms with Crippen LogP contribution in [0.5, 0.6) is 0 Å². The van der Waals surface area contributed by atoms with Crippen LogP contribution in [-0.2, 0) is 24.8 Å². The fourth-order valence-electron chi connectivity index (χ4n) is 4.39. The van der Waals surface area contributed by atoms with E-state index in [1.165, 1.54) is 0 Å². The van der Waals surface area contributed by atoms with E-state index in [1.54, 1.807) is 0 Å². The van der Waals surface area contributed by atoms with Gasteiger partial charge < -0.3 is 0 Å². The zero-order valence-corrected chi connectivity index (χ0v) is 24.5. The summed E-state index contributed by atoms with van der Waals surface area (Å²) in [5.74, 6) is -2.16. The number of sulfonamides is 2. The summed E-state index contributed by atoms with van der Waals surface area (Å²) in [6.45, 7) is 5.89. The number of carbonyl (C=O) groups is 1. The number of hydrogen-bond acceptors (Lipinski definition) is 5. The fourth-order valence-corrected chi connectivity index (χ4v) is 12.3. The molecule has 0 aromatic heterocycles. The van der Waals surface area contributed by atoms with Gasteiger partial charge in [0.15, 0.2) is 0 Å². The molecule has 6 nitrogen and oxygen atoms in total. The predicted molar refractivity (Wildman–Crippen MR) is 137 cm³/mol. The number of carbonyl (C=O) groups excluding carboxylic acids is 1. The monoisotopic (exact) mass is 609 g/mol. The van der Waals surface area contributed by atoms with Crippen molar-refractivity contribution in [3.8, 4) is 0 Å². The third-order valence-corrected chi connectivity index (χ3v) is 15.4. The van der Waals surface area contributed by atoms with Crippen molar-refractivity contribution in [3.63, 3.8) is 0 Å². The Bertz CT molecular complexity index is 817. The van der Waals surface area contributed by atoms with E-state index in [0.717, 1.165) is 57.8 Å². The van der Waals surface area contributed by atoms with Crippen LogP contribution in [0.4, 0.5) is 26.3 Å². The van der Waals surface area contributed by atoms with Crippen molar-refractivity contribution in [2.45, 2.75) is 109 Å². The average molecular weight is 610 g/mol. The number of halogens is 6. The van der Waals surface area contributed by atoms with Gasteiger partial charge in [-0.1, -0.05) is 0 Å². The van der Waals surface area contributed by atoms with Gasteiger partial charge in [0.25, 0.3) is 0 Å². The molecule has 0 N–H and O–H groups in total. The number of unbranched alkanes of at least 4 members (excludes halogenated alkanes) is 9. The summed E-state index contributed by atoms with van der Waals surface area (Å²) in [6.07, 6.45) is 9.50. The summed E-state index contributed by atoms with van der Waals surface area (Å²) in [6, 6.07) is 0. The molecular weight excluding hydrogens is 567 g/mol. The van der Waals surface area contributed by atoms with Gasteiger partial charge in [0.1, 0.15) is 0 Å². The van der Waals surface area contributed by atoms with Crippen LogP contribution >= 0.6 is 7.26 Å². The minimum absolute atomic E-state index is 0.406. The van der Waals surface area contributed by atoms with Crippen LogP contribution in [0.2, 0.25) is 0 Å². The number of hydrogen-bond donors (Lipinski definition) is 0. The Morgan fingerprint density at radius 1 is 0.595 bits per heavy atom. The molecular formula is C22H42F6NO5PS2. The first-order valence-electron chi connectivity index (χ1n) is 12.9. The third kappa shape index (κ3) is 11.2. The molecule has 0 saturated carbocycles. The van der Waals surface area contributed by atoms with Gasteiger partial charge in [0, 0.05) is 0 Å². The number of rotatable bonds is 19. The Balaban J connectivity index is 6.53. The molecule has 0 atom stereocenters. The molecule has 0 rings (SSSR count). The summed E-state index contributed by atoms with van der Waals surface area (Å²) in [7, 11) is -17.3. The molecule has 0 aromatic rings. The van der Waals surface area contributed by atoms with Gasteiger partial charge in [-0.15, -0.1) is 0 Å². The molecule has 15 heteroatoms. The number of alkyl halides is 6. The van der Waals surface area contributed by atoms with Crippen molar-refractivity contribution in [2.75, 3.05) is 24.6 Å². The summed E-state index contributed by atoms with van der Waals surface area (Å²) in [5.41, 5.74) is -12.8. The zero-order chi connectivity index (χ0) is 29.0. The van der Waals surface area contributed by atoms with Crippen molar-refractivity contribution in [1.29, 1.82) is 0 Å². The molecule has 0 aliphatic carbocycles. The topological polar surface area (TPSA) is 88.6 Å². The molecule has 0 spiro atoms. The van der Waals surface area contributed by atoms with Crippen LogP contribution in [0.3, 0.4) is 0 Å². The molecule has 0 aliphatic heterocycles. The zero-order valence-electron chi connectivity index (χ0n) is 21.9. The van der Waals surface area contributed by atoms with E-state index in [1.807, 2.05) is 20.8 Å². The molecule has 0 heterocycles. The third-order valence-electron chi connectivity index (χ3n) is 6.43. The molecule has 0 aromatic carbocycles. The summed E-state index contributed by atoms with van der Waals surface area (Å²) >= 11 is 0. The number of amides is 1. The standard InChI is InChI=1S/C22H42F6NO5PS2/c1-4-7-10-13-16-35(17-14-11-8-5-2,18-15-12-9-6-3)19-20(30)29(36(31,32)21(23,24)25)37(33,34)22(26,27)28/h35H,4-19H2,1-3H3. The van der Waals surface area contributed by atoms with E-state index in [9.17, 15) is 48.0 Å². The first-order valence-corrected chi connectivity index (χ1v) is 18.6. The first kappa shape index (κ1) is 36.4. The summed E-state index contributed by atoms with van der Waals surface area (Å²) in [4.78, 5) is 13.0. The molecule has 224 valence electrons. The second kappa shape index (κ2) is 15.8. The first-order chi connectivity index (χ1) is 16.9. The maximum absolute atomic E-state index is 13.3. The van der Waals surface area contributed by atoms with Crippen molar-refractivity contribution in [1.82, 2.24) is 3.71 Å². The van der Waals surface area contributed by atoms with E-state index in [4.69, 9.17) is 0 Å². The normalized spacial score (nSPS) is 14.1. The SMILES string of the molecule is CCCCCC[PH](CCCCCC)(CCCCCC)CC(=O)N(S(=O)(=O)C(F)(F)F)S(=O)(=O)C(F)(F)F. The second-order valence-electron chi connectivity index (χ2n) is 9.60. The number of nitrogens with zero attached hydrogens (tertiary/aromatic N) is 1. The Kier molecular flexibility index (Phi) is 15.6. The van der Waals surface area contributed by atoms with Crippen molar-refractivity contribution >= 4 is 33.2 Å². The molecule has 0 bridgehead atoms. The van der Waals surface area contributed by atoms with Gasteiger partial charge >= 0.3 is 218 Å². The molecule has 0 saturated heterocycles. The van der Waals surface area contributed by atoms with E-state index >= 15 is 0 Å². The minimum atomic E-state index is -7.14. The van der Waals surface area contributed by atoms with Crippen LogP contribution in [0.1, 0.15) is 97.8 Å². The van der Waals surface area contributed by atoms with Crippen molar-refractivity contribution in [3.05, 3.63) is 0 Å². The molecule has 1 amide bonds. The average Bonchev–Trinajstić information content (AvgIpc) is 2.75. The Morgan fingerprint density at radius 2 is 0.892 bits per heavy atom. The van der Waals surface area contributed by atoms with Gasteiger partial charge in [0.05, 0.1) is 0 Å². The van der Waals surface area contributed by atoms with E-state index < -0.39 is 54.1 Å². The predicted octanol–water partition coefficient (Wildman–Crippen LogP) is 7.01. The van der Waals surface area contributed by atoms with Gasteiger partial charge in [-0.2, -0.15) is 0 Å². The molecule has 0 unspecified atom stereocenters. The molecule has 0 radical (unpaired) electrons. The Labute approximate surface area is 218 Å². The van der Waals surface area contributed by atoms with Crippen LogP contribution in [0.15, 0.2) is 0 Å². The molecule has 0 aliphatic rings. The quantitative estimate of drug-likeness (QED) is 0.0894.